The van der Waals surface area contributed by atoms with E-state index in [2.05, 4.69) is 0 Å². The number of aliphatic hydroxyl groups excluding tert-OH is 1. The molecule has 1 nitrogen and oxygen atoms in total. The van der Waals surface area contributed by atoms with Gasteiger partial charge in [0.2, 0.25) is 0 Å². The van der Waals surface area contributed by atoms with Crippen molar-refractivity contribution in [2.45, 2.75) is 17.4 Å². The van der Waals surface area contributed by atoms with Crippen molar-refractivity contribution in [1.82, 2.24) is 0 Å². The summed E-state index contributed by atoms with van der Waals surface area (Å²) in [4.78, 5) is 0. The van der Waals surface area contributed by atoms with Crippen LogP contribution in [0.1, 0.15) is 12.8 Å². The summed E-state index contributed by atoms with van der Waals surface area (Å²) < 4.78 is 9.83. The molecular formula is C4H7Cl2FO. The molecule has 0 radical (unpaired) electrons. The molecule has 0 spiro atoms. The minimum atomic E-state index is -2.16. The van der Waals surface area contributed by atoms with Gasteiger partial charge in [0.25, 0.3) is 4.59 Å². The molecule has 0 aromatic rings. The van der Waals surface area contributed by atoms with Gasteiger partial charge in [-0.05, 0) is 6.42 Å². The fraction of sp³-hybridized carbons (Fsp3) is 1.00. The zero-order chi connectivity index (χ0) is 6.62. The molecule has 0 aromatic heterocycles. The number of hydrogen-bond acceptors (Lipinski definition) is 1. The predicted octanol–water partition coefficient (Wildman–Crippen LogP) is 1.86. The van der Waals surface area contributed by atoms with E-state index in [1.54, 1.807) is 0 Å². The third-order valence-corrected chi connectivity index (χ3v) is 0.996. The smallest absolute Gasteiger partial charge is 0.257 e. The highest BCUT2D eigenvalue weighted by Crippen LogP contribution is 2.27. The van der Waals surface area contributed by atoms with Gasteiger partial charge >= 0.3 is 0 Å². The largest absolute Gasteiger partial charge is 0.396 e. The van der Waals surface area contributed by atoms with Gasteiger partial charge < -0.3 is 5.11 Å². The molecule has 0 fully saturated rings. The highest BCUT2D eigenvalue weighted by atomic mass is 35.5. The van der Waals surface area contributed by atoms with E-state index in [9.17, 15) is 4.39 Å². The summed E-state index contributed by atoms with van der Waals surface area (Å²) in [5.41, 5.74) is 0. The van der Waals surface area contributed by atoms with Crippen LogP contribution in [0.2, 0.25) is 0 Å². The lowest BCUT2D eigenvalue weighted by atomic mass is 10.3. The Hall–Kier alpha value is 0.470. The van der Waals surface area contributed by atoms with E-state index < -0.39 is 4.59 Å². The number of halogens is 3. The van der Waals surface area contributed by atoms with E-state index >= 15 is 0 Å². The average Bonchev–Trinajstić information content (AvgIpc) is 1.59. The molecule has 0 bridgehead atoms. The van der Waals surface area contributed by atoms with Crippen LogP contribution in [-0.4, -0.2) is 16.3 Å². The Kier molecular flexibility index (Phi) is 3.69. The molecule has 4 heteroatoms. The highest BCUT2D eigenvalue weighted by Gasteiger charge is 2.20. The van der Waals surface area contributed by atoms with Gasteiger partial charge in [-0.1, -0.05) is 23.2 Å². The summed E-state index contributed by atoms with van der Waals surface area (Å²) in [6, 6.07) is 0. The minimum Gasteiger partial charge on any atom is -0.396 e. The van der Waals surface area contributed by atoms with E-state index in [1.165, 1.54) is 0 Å². The van der Waals surface area contributed by atoms with Crippen molar-refractivity contribution in [2.24, 2.45) is 0 Å². The molecule has 0 aliphatic rings. The van der Waals surface area contributed by atoms with Gasteiger partial charge in [0.1, 0.15) is 0 Å². The van der Waals surface area contributed by atoms with E-state index in [0.29, 0.717) is 6.42 Å². The van der Waals surface area contributed by atoms with E-state index in [-0.39, 0.29) is 13.0 Å². The Morgan fingerprint density at radius 1 is 1.50 bits per heavy atom. The normalized spacial score (nSPS) is 12.0. The lowest BCUT2D eigenvalue weighted by Crippen LogP contribution is -2.03. The maximum absolute atomic E-state index is 12.0. The molecule has 1 N–H and O–H groups in total. The molecule has 0 unspecified atom stereocenters. The van der Waals surface area contributed by atoms with E-state index in [0.717, 1.165) is 0 Å². The third-order valence-electron chi connectivity index (χ3n) is 0.618. The van der Waals surface area contributed by atoms with E-state index in [4.69, 9.17) is 28.3 Å². The topological polar surface area (TPSA) is 20.2 Å². The fourth-order valence-electron chi connectivity index (χ4n) is 0.280. The van der Waals surface area contributed by atoms with Crippen molar-refractivity contribution >= 4 is 23.2 Å². The molecule has 0 aliphatic heterocycles. The lowest BCUT2D eigenvalue weighted by molar-refractivity contribution is 0.260. The standard InChI is InChI=1S/C4H7Cl2FO/c5-4(6,7)2-1-3-8/h8H,1-3H2. The Bertz CT molecular complexity index is 61.5. The molecule has 0 atom stereocenters. The van der Waals surface area contributed by atoms with Gasteiger partial charge in [-0.2, -0.15) is 0 Å². The molecule has 0 heterocycles. The van der Waals surface area contributed by atoms with Crippen LogP contribution in [0.15, 0.2) is 0 Å². The Balaban J connectivity index is 3.11. The molecule has 50 valence electrons. The average molecular weight is 161 g/mol. The highest BCUT2D eigenvalue weighted by molar-refractivity contribution is 6.47. The van der Waals surface area contributed by atoms with Crippen LogP contribution in [0.4, 0.5) is 4.39 Å². The first-order chi connectivity index (χ1) is 3.56. The number of aliphatic hydroxyl groups is 1. The summed E-state index contributed by atoms with van der Waals surface area (Å²) in [5, 5.41) is 8.15. The second-order valence-electron chi connectivity index (χ2n) is 1.44. The molecular weight excluding hydrogens is 154 g/mol. The number of rotatable bonds is 3. The van der Waals surface area contributed by atoms with Gasteiger partial charge in [-0.3, -0.25) is 0 Å². The predicted molar refractivity (Wildman–Crippen MR) is 31.9 cm³/mol. The molecule has 0 saturated heterocycles. The Morgan fingerprint density at radius 3 is 2.12 bits per heavy atom. The second-order valence-corrected chi connectivity index (χ2v) is 2.83. The maximum Gasteiger partial charge on any atom is 0.257 e. The van der Waals surface area contributed by atoms with Crippen molar-refractivity contribution in [3.05, 3.63) is 0 Å². The van der Waals surface area contributed by atoms with Gasteiger partial charge in [0.05, 0.1) is 0 Å². The van der Waals surface area contributed by atoms with Crippen LogP contribution in [0.3, 0.4) is 0 Å². The molecule has 8 heavy (non-hydrogen) atoms. The van der Waals surface area contributed by atoms with Crippen LogP contribution < -0.4 is 0 Å². The number of hydrogen-bond donors (Lipinski definition) is 1. The maximum atomic E-state index is 12.0. The molecule has 0 rings (SSSR count). The third kappa shape index (κ3) is 6.47. The Morgan fingerprint density at radius 2 is 2.00 bits per heavy atom. The zero-order valence-corrected chi connectivity index (χ0v) is 5.71. The van der Waals surface area contributed by atoms with Crippen molar-refractivity contribution in [1.29, 1.82) is 0 Å². The summed E-state index contributed by atoms with van der Waals surface area (Å²) in [6.45, 7) is -0.0783. The van der Waals surface area contributed by atoms with E-state index in [1.807, 2.05) is 0 Å². The van der Waals surface area contributed by atoms with Crippen molar-refractivity contribution < 1.29 is 9.50 Å². The van der Waals surface area contributed by atoms with Crippen LogP contribution in [-0.2, 0) is 0 Å². The first-order valence-corrected chi connectivity index (χ1v) is 2.99. The summed E-state index contributed by atoms with van der Waals surface area (Å²) in [7, 11) is 0. The summed E-state index contributed by atoms with van der Waals surface area (Å²) in [6.07, 6.45) is 0.274. The van der Waals surface area contributed by atoms with Crippen molar-refractivity contribution in [3.63, 3.8) is 0 Å². The summed E-state index contributed by atoms with van der Waals surface area (Å²) >= 11 is 9.80. The monoisotopic (exact) mass is 160 g/mol. The fourth-order valence-corrected chi connectivity index (χ4v) is 0.547. The SMILES string of the molecule is OCCCC(F)(Cl)Cl. The van der Waals surface area contributed by atoms with Crippen LogP contribution in [0.25, 0.3) is 0 Å². The van der Waals surface area contributed by atoms with Crippen LogP contribution >= 0.6 is 23.2 Å². The van der Waals surface area contributed by atoms with Gasteiger partial charge in [-0.25, -0.2) is 4.39 Å². The van der Waals surface area contributed by atoms with Crippen LogP contribution in [0, 0.1) is 0 Å². The van der Waals surface area contributed by atoms with Gasteiger partial charge in [0, 0.05) is 13.0 Å². The molecule has 0 aromatic carbocycles. The van der Waals surface area contributed by atoms with Crippen LogP contribution in [0.5, 0.6) is 0 Å². The van der Waals surface area contributed by atoms with Crippen molar-refractivity contribution in [3.8, 4) is 0 Å². The quantitative estimate of drug-likeness (QED) is 0.626. The molecule has 0 aliphatic carbocycles. The minimum absolute atomic E-state index is 0.0212. The first kappa shape index (κ1) is 8.47. The number of alkyl halides is 3. The Labute approximate surface area is 57.4 Å². The van der Waals surface area contributed by atoms with Gasteiger partial charge in [-0.15, -0.1) is 0 Å². The zero-order valence-electron chi connectivity index (χ0n) is 4.20. The first-order valence-electron chi connectivity index (χ1n) is 2.24. The van der Waals surface area contributed by atoms with Crippen molar-refractivity contribution in [2.75, 3.05) is 6.61 Å². The second kappa shape index (κ2) is 3.49. The molecule has 0 amide bonds. The summed E-state index contributed by atoms with van der Waals surface area (Å²) in [5.74, 6) is 0. The van der Waals surface area contributed by atoms with Gasteiger partial charge in [0.15, 0.2) is 0 Å². The molecule has 0 saturated carbocycles. The lowest BCUT2D eigenvalue weighted by Gasteiger charge is -2.05.